The van der Waals surface area contributed by atoms with Crippen LogP contribution < -0.4 is 15.3 Å². The van der Waals surface area contributed by atoms with Crippen LogP contribution in [0, 0.1) is 25.2 Å². The minimum Gasteiger partial charge on any atom is -0.491 e. The van der Waals surface area contributed by atoms with Gasteiger partial charge in [-0.15, -0.1) is 11.3 Å². The third-order valence-corrected chi connectivity index (χ3v) is 8.11. The number of nitrogens with zero attached hydrogens (tertiary/aromatic N) is 7. The number of thiophene rings is 1. The second-order valence-corrected chi connectivity index (χ2v) is 11.1. The molecule has 0 bridgehead atoms. The number of hydrazine groups is 1. The molecule has 0 amide bonds. The summed E-state index contributed by atoms with van der Waals surface area (Å²) < 4.78 is 8.37. The van der Waals surface area contributed by atoms with Gasteiger partial charge in [0.25, 0.3) is 5.56 Å². The van der Waals surface area contributed by atoms with Gasteiger partial charge in [0.2, 0.25) is 0 Å². The Hall–Kier alpha value is -4.57. The van der Waals surface area contributed by atoms with Gasteiger partial charge in [-0.25, -0.2) is 19.8 Å². The van der Waals surface area contributed by atoms with E-state index in [9.17, 15) is 20.0 Å². The molecule has 214 valence electrons. The molecule has 1 aromatic carbocycles. The monoisotopic (exact) mass is 603 g/mol. The highest BCUT2D eigenvalue weighted by atomic mass is 35.5. The van der Waals surface area contributed by atoms with E-state index in [-0.39, 0.29) is 35.2 Å². The van der Waals surface area contributed by atoms with Gasteiger partial charge in [-0.2, -0.15) is 5.26 Å². The molecule has 5 rings (SSSR count). The van der Waals surface area contributed by atoms with E-state index in [4.69, 9.17) is 16.3 Å². The van der Waals surface area contributed by atoms with Crippen molar-refractivity contribution in [3.05, 3.63) is 73.9 Å². The predicted octanol–water partition coefficient (Wildman–Crippen LogP) is 4.90. The fourth-order valence-corrected chi connectivity index (χ4v) is 5.87. The minimum atomic E-state index is -1.05. The first-order valence-corrected chi connectivity index (χ1v) is 14.0. The largest absolute Gasteiger partial charge is 0.491 e. The molecule has 4 aromatic heterocycles. The van der Waals surface area contributed by atoms with Gasteiger partial charge in [0, 0.05) is 48.4 Å². The van der Waals surface area contributed by atoms with E-state index >= 15 is 0 Å². The molecule has 0 saturated heterocycles. The van der Waals surface area contributed by atoms with Crippen LogP contribution in [0.2, 0.25) is 5.02 Å². The van der Waals surface area contributed by atoms with E-state index in [1.165, 1.54) is 22.1 Å². The lowest BCUT2D eigenvalue weighted by atomic mass is 10.0. The Morgan fingerprint density at radius 3 is 2.64 bits per heavy atom. The number of benzene rings is 1. The Balaban J connectivity index is 1.52. The zero-order chi connectivity index (χ0) is 30.3. The molecule has 4 heterocycles. The maximum Gasteiger partial charge on any atom is 0.338 e. The van der Waals surface area contributed by atoms with Crippen LogP contribution >= 0.6 is 22.9 Å². The Morgan fingerprint density at radius 1 is 1.19 bits per heavy atom. The van der Waals surface area contributed by atoms with E-state index in [1.807, 2.05) is 20.2 Å². The van der Waals surface area contributed by atoms with Crippen molar-refractivity contribution >= 4 is 55.8 Å². The van der Waals surface area contributed by atoms with Gasteiger partial charge in [0.05, 0.1) is 39.4 Å². The lowest BCUT2D eigenvalue weighted by Crippen LogP contribution is -2.35. The Bertz CT molecular complexity index is 1980. The summed E-state index contributed by atoms with van der Waals surface area (Å²) in [6.07, 6.45) is 1.50. The van der Waals surface area contributed by atoms with Crippen LogP contribution in [-0.4, -0.2) is 63.4 Å². The molecule has 0 aliphatic rings. The highest BCUT2D eigenvalue weighted by Gasteiger charge is 2.21. The molecule has 0 radical (unpaired) electrons. The van der Waals surface area contributed by atoms with Crippen molar-refractivity contribution in [1.82, 2.24) is 24.5 Å². The SMILES string of the molecule is Cc1cc(-c2cc(Cl)ccc2OCCn2c(C)nc3cnc(N(C)N(C)C)c(C#N)c3c2=O)c2scc(C(=O)O)c2n1. The third kappa shape index (κ3) is 5.14. The van der Waals surface area contributed by atoms with Gasteiger partial charge in [0.15, 0.2) is 5.82 Å². The quantitative estimate of drug-likeness (QED) is 0.244. The number of fused-ring (bicyclic) bond motifs is 2. The molecule has 0 aliphatic heterocycles. The van der Waals surface area contributed by atoms with Crippen LogP contribution in [-0.2, 0) is 6.54 Å². The lowest BCUT2D eigenvalue weighted by molar-refractivity contribution is 0.0699. The molecule has 0 saturated carbocycles. The number of anilines is 1. The number of carbonyl (C=O) groups is 1. The van der Waals surface area contributed by atoms with E-state index in [0.29, 0.717) is 49.4 Å². The Kier molecular flexibility index (Phi) is 7.83. The molecule has 42 heavy (non-hydrogen) atoms. The Labute approximate surface area is 249 Å². The first-order valence-electron chi connectivity index (χ1n) is 12.8. The summed E-state index contributed by atoms with van der Waals surface area (Å²) in [5, 5.41) is 25.3. The van der Waals surface area contributed by atoms with E-state index in [0.717, 1.165) is 5.56 Å². The summed E-state index contributed by atoms with van der Waals surface area (Å²) in [7, 11) is 5.37. The number of hydrogen-bond donors (Lipinski definition) is 1. The van der Waals surface area contributed by atoms with Crippen LogP contribution in [0.1, 0.15) is 27.4 Å². The fraction of sp³-hybridized carbons (Fsp3) is 0.241. The highest BCUT2D eigenvalue weighted by molar-refractivity contribution is 7.18. The van der Waals surface area contributed by atoms with Crippen LogP contribution in [0.25, 0.3) is 32.2 Å². The summed E-state index contributed by atoms with van der Waals surface area (Å²) in [6.45, 7) is 3.78. The van der Waals surface area contributed by atoms with Gasteiger partial charge in [0.1, 0.15) is 29.8 Å². The lowest BCUT2D eigenvalue weighted by Gasteiger charge is -2.26. The van der Waals surface area contributed by atoms with Gasteiger partial charge >= 0.3 is 5.97 Å². The molecule has 5 aromatic rings. The number of halogens is 1. The number of rotatable bonds is 8. The van der Waals surface area contributed by atoms with Crippen molar-refractivity contribution in [2.45, 2.75) is 20.4 Å². The number of carboxylic acid groups (broad SMARTS) is 1. The number of pyridine rings is 2. The normalized spacial score (nSPS) is 11.3. The highest BCUT2D eigenvalue weighted by Crippen LogP contribution is 2.40. The molecule has 0 atom stereocenters. The van der Waals surface area contributed by atoms with Gasteiger partial charge in [-0.05, 0) is 38.1 Å². The number of aromatic nitrogens is 4. The van der Waals surface area contributed by atoms with Gasteiger partial charge in [-0.3, -0.25) is 19.4 Å². The third-order valence-electron chi connectivity index (χ3n) is 6.87. The maximum atomic E-state index is 13.7. The van der Waals surface area contributed by atoms with Crippen molar-refractivity contribution in [2.75, 3.05) is 32.8 Å². The predicted molar refractivity (Wildman–Crippen MR) is 163 cm³/mol. The topological polar surface area (TPSA) is 137 Å². The molecule has 0 aliphatic carbocycles. The van der Waals surface area contributed by atoms with Crippen molar-refractivity contribution in [1.29, 1.82) is 5.26 Å². The molecule has 0 unspecified atom stereocenters. The number of ether oxygens (including phenoxy) is 1. The molecular weight excluding hydrogens is 578 g/mol. The molecule has 11 nitrogen and oxygen atoms in total. The molecule has 13 heteroatoms. The maximum absolute atomic E-state index is 13.7. The van der Waals surface area contributed by atoms with Gasteiger partial charge in [-0.1, -0.05) is 11.6 Å². The van der Waals surface area contributed by atoms with Crippen LogP contribution in [0.15, 0.2) is 40.6 Å². The molecule has 0 fully saturated rings. The van der Waals surface area contributed by atoms with E-state index < -0.39 is 5.97 Å². The molecular formula is C29H26ClN7O4S. The summed E-state index contributed by atoms with van der Waals surface area (Å²) in [5.41, 5.74) is 2.73. The second-order valence-electron chi connectivity index (χ2n) is 9.75. The number of aromatic carboxylic acids is 1. The standard InChI is InChI=1S/C29H26ClN7O4S/c1-15-10-19(26-25(33-15)21(14-42-26)29(39)40)18-11-17(30)6-7-23(18)41-9-8-37-16(2)34-22-13-32-27(36(5)35(3)4)20(12-31)24(22)28(37)38/h6-7,10-11,13-14H,8-9H2,1-5H3,(H,39,40). The number of nitriles is 1. The summed E-state index contributed by atoms with van der Waals surface area (Å²) in [4.78, 5) is 38.8. The average molecular weight is 604 g/mol. The molecule has 1 N–H and O–H groups in total. The van der Waals surface area contributed by atoms with Crippen LogP contribution in [0.3, 0.4) is 0 Å². The van der Waals surface area contributed by atoms with Crippen molar-refractivity contribution in [2.24, 2.45) is 0 Å². The fourth-order valence-electron chi connectivity index (χ4n) is 4.69. The number of carboxylic acids is 1. The second kappa shape index (κ2) is 11.4. The summed E-state index contributed by atoms with van der Waals surface area (Å²) in [5.74, 6) is 0.268. The number of hydrogen-bond acceptors (Lipinski definition) is 10. The van der Waals surface area contributed by atoms with Crippen molar-refractivity contribution < 1.29 is 14.6 Å². The molecule has 0 spiro atoms. The van der Waals surface area contributed by atoms with Crippen molar-refractivity contribution in [3.8, 4) is 22.9 Å². The zero-order valence-electron chi connectivity index (χ0n) is 23.5. The van der Waals surface area contributed by atoms with Crippen molar-refractivity contribution in [3.63, 3.8) is 0 Å². The first-order chi connectivity index (χ1) is 20.0. The van der Waals surface area contributed by atoms with Crippen LogP contribution in [0.5, 0.6) is 5.75 Å². The smallest absolute Gasteiger partial charge is 0.338 e. The summed E-state index contributed by atoms with van der Waals surface area (Å²) in [6, 6.07) is 9.20. The number of aryl methyl sites for hydroxylation is 2. The Morgan fingerprint density at radius 2 is 1.95 bits per heavy atom. The minimum absolute atomic E-state index is 0.109. The van der Waals surface area contributed by atoms with Crippen LogP contribution in [0.4, 0.5) is 5.82 Å². The summed E-state index contributed by atoms with van der Waals surface area (Å²) >= 11 is 7.66. The average Bonchev–Trinajstić information content (AvgIpc) is 3.38. The van der Waals surface area contributed by atoms with E-state index in [1.54, 1.807) is 54.5 Å². The first kappa shape index (κ1) is 28.9. The van der Waals surface area contributed by atoms with Gasteiger partial charge < -0.3 is 9.84 Å². The zero-order valence-corrected chi connectivity index (χ0v) is 25.0. The van der Waals surface area contributed by atoms with E-state index in [2.05, 4.69) is 21.0 Å².